The Labute approximate surface area is 176 Å². The van der Waals surface area contributed by atoms with Crippen LogP contribution in [0.2, 0.25) is 0 Å². The average molecular weight is 461 g/mol. The van der Waals surface area contributed by atoms with E-state index in [-0.39, 0.29) is 30.5 Å². The number of nitrogens with one attached hydrogen (secondary N) is 1. The highest BCUT2D eigenvalue weighted by molar-refractivity contribution is 9.11. The number of carbonyl (C=O) groups excluding carboxylic acids is 1. The summed E-state index contributed by atoms with van der Waals surface area (Å²) in [5.74, 6) is 2.16. The second kappa shape index (κ2) is 9.06. The second-order valence-corrected chi connectivity index (χ2v) is 10.6. The van der Waals surface area contributed by atoms with E-state index in [4.69, 9.17) is 9.47 Å². The Morgan fingerprint density at radius 3 is 2.81 bits per heavy atom. The fourth-order valence-corrected chi connectivity index (χ4v) is 5.71. The number of ether oxygens (including phenoxy) is 2. The van der Waals surface area contributed by atoms with Crippen LogP contribution in [0.25, 0.3) is 0 Å². The summed E-state index contributed by atoms with van der Waals surface area (Å²) >= 11 is 5.15. The van der Waals surface area contributed by atoms with Gasteiger partial charge in [0.05, 0.1) is 6.17 Å². The molecule has 0 aromatic carbocycles. The Morgan fingerprint density at radius 2 is 2.11 bits per heavy atom. The van der Waals surface area contributed by atoms with Gasteiger partial charge in [-0.05, 0) is 44.4 Å². The summed E-state index contributed by atoms with van der Waals surface area (Å²) in [6, 6.07) is 0.285. The molecule has 2 fully saturated rings. The van der Waals surface area contributed by atoms with E-state index in [0.717, 1.165) is 23.1 Å². The van der Waals surface area contributed by atoms with Gasteiger partial charge in [0.25, 0.3) is 0 Å². The van der Waals surface area contributed by atoms with Crippen molar-refractivity contribution in [3.05, 3.63) is 10.7 Å². The van der Waals surface area contributed by atoms with Crippen molar-refractivity contribution in [3.63, 3.8) is 0 Å². The van der Waals surface area contributed by atoms with Crippen molar-refractivity contribution in [3.8, 4) is 0 Å². The summed E-state index contributed by atoms with van der Waals surface area (Å²) in [7, 11) is 0. The van der Waals surface area contributed by atoms with E-state index in [1.807, 2.05) is 0 Å². The molecule has 0 aromatic rings. The molecule has 0 amide bonds. The minimum absolute atomic E-state index is 0.0231. The fourth-order valence-electron chi connectivity index (χ4n) is 4.35. The summed E-state index contributed by atoms with van der Waals surface area (Å²) in [5, 5.41) is 3.49. The van der Waals surface area contributed by atoms with Gasteiger partial charge in [0, 0.05) is 22.5 Å². The molecule has 7 heteroatoms. The van der Waals surface area contributed by atoms with Crippen LogP contribution < -0.4 is 5.32 Å². The van der Waals surface area contributed by atoms with Crippen LogP contribution in [0.5, 0.6) is 0 Å². The van der Waals surface area contributed by atoms with Gasteiger partial charge >= 0.3 is 5.97 Å². The molecular weight excluding hydrogens is 428 g/mol. The second-order valence-electron chi connectivity index (χ2n) is 8.58. The zero-order valence-electron chi connectivity index (χ0n) is 17.0. The number of hydrogen-bond donors (Lipinski definition) is 1. The van der Waals surface area contributed by atoms with Gasteiger partial charge in [0.1, 0.15) is 12.3 Å². The van der Waals surface area contributed by atoms with Crippen LogP contribution in [0, 0.1) is 17.8 Å². The third-order valence-corrected chi connectivity index (χ3v) is 8.02. The SMILES string of the molecule is CC1NC(C)N([C@@H]2CS[C@H](C(=O)O[C@@H]3C[C@H](C)CC[C@H]3C(C)C)O2)C=C1Br. The van der Waals surface area contributed by atoms with Crippen LogP contribution in [-0.2, 0) is 14.3 Å². The van der Waals surface area contributed by atoms with Crippen molar-refractivity contribution in [1.82, 2.24) is 10.2 Å². The predicted octanol–water partition coefficient (Wildman–Crippen LogP) is 4.28. The van der Waals surface area contributed by atoms with Crippen LogP contribution in [0.4, 0.5) is 0 Å². The van der Waals surface area contributed by atoms with Gasteiger partial charge in [-0.2, -0.15) is 0 Å². The molecule has 5 nitrogen and oxygen atoms in total. The standard InChI is InChI=1S/C20H33BrN2O3S/c1-11(2)15-7-6-12(3)8-17(15)25-19(24)20-26-18(10-27-20)23-9-16(21)13(4)22-14(23)5/h9,11-15,17-18,20,22H,6-8,10H2,1-5H3/t12-,13?,14?,15+,17-,18+,20-/m1/s1. The number of hydrogen-bond acceptors (Lipinski definition) is 6. The van der Waals surface area contributed by atoms with E-state index >= 15 is 0 Å². The first kappa shape index (κ1) is 21.5. The zero-order valence-corrected chi connectivity index (χ0v) is 19.4. The summed E-state index contributed by atoms with van der Waals surface area (Å²) in [4.78, 5) is 14.9. The molecular formula is C20H33BrN2O3S. The fraction of sp³-hybridized carbons (Fsp3) is 0.850. The normalized spacial score (nSPS) is 40.2. The Hall–Kier alpha value is -0.240. The first-order valence-electron chi connectivity index (χ1n) is 10.1. The topological polar surface area (TPSA) is 50.8 Å². The summed E-state index contributed by atoms with van der Waals surface area (Å²) in [6.45, 7) is 10.9. The molecule has 1 saturated heterocycles. The van der Waals surface area contributed by atoms with Crippen LogP contribution in [0.15, 0.2) is 10.7 Å². The minimum atomic E-state index is -0.529. The van der Waals surface area contributed by atoms with Crippen molar-refractivity contribution < 1.29 is 14.3 Å². The third kappa shape index (κ3) is 5.03. The Kier molecular flexibility index (Phi) is 7.20. The highest BCUT2D eigenvalue weighted by Crippen LogP contribution is 2.37. The van der Waals surface area contributed by atoms with Crippen LogP contribution in [0.1, 0.15) is 53.9 Å². The highest BCUT2D eigenvalue weighted by atomic mass is 79.9. The number of rotatable bonds is 4. The molecule has 3 rings (SSSR count). The predicted molar refractivity (Wildman–Crippen MR) is 113 cm³/mol. The molecule has 0 bridgehead atoms. The molecule has 0 spiro atoms. The number of nitrogens with zero attached hydrogens (tertiary/aromatic N) is 1. The molecule has 3 aliphatic rings. The van der Waals surface area contributed by atoms with E-state index in [9.17, 15) is 4.79 Å². The molecule has 1 aliphatic carbocycles. The van der Waals surface area contributed by atoms with Gasteiger partial charge in [0.2, 0.25) is 5.44 Å². The number of thioether (sulfide) groups is 1. The third-order valence-electron chi connectivity index (χ3n) is 6.05. The van der Waals surface area contributed by atoms with E-state index in [1.54, 1.807) is 11.8 Å². The van der Waals surface area contributed by atoms with E-state index in [1.165, 1.54) is 6.42 Å². The lowest BCUT2D eigenvalue weighted by Crippen LogP contribution is -2.53. The summed E-state index contributed by atoms with van der Waals surface area (Å²) < 4.78 is 13.2. The molecule has 27 heavy (non-hydrogen) atoms. The van der Waals surface area contributed by atoms with Gasteiger partial charge in [0.15, 0.2) is 0 Å². The molecule has 2 heterocycles. The zero-order chi connectivity index (χ0) is 19.7. The molecule has 7 atom stereocenters. The lowest BCUT2D eigenvalue weighted by atomic mass is 9.75. The number of halogens is 1. The first-order chi connectivity index (χ1) is 12.8. The van der Waals surface area contributed by atoms with E-state index in [0.29, 0.717) is 17.8 Å². The average Bonchev–Trinajstić information content (AvgIpc) is 3.08. The summed E-state index contributed by atoms with van der Waals surface area (Å²) in [5.41, 5.74) is -0.529. The molecule has 2 aliphatic heterocycles. The van der Waals surface area contributed by atoms with Crippen LogP contribution in [0.3, 0.4) is 0 Å². The van der Waals surface area contributed by atoms with Crippen LogP contribution in [-0.4, -0.2) is 46.6 Å². The quantitative estimate of drug-likeness (QED) is 0.631. The van der Waals surface area contributed by atoms with Crippen molar-refractivity contribution in [2.45, 2.75) is 83.9 Å². The number of carbonyl (C=O) groups is 1. The Balaban J connectivity index is 1.59. The monoisotopic (exact) mass is 460 g/mol. The molecule has 0 aromatic heterocycles. The maximum atomic E-state index is 12.8. The molecule has 1 N–H and O–H groups in total. The highest BCUT2D eigenvalue weighted by Gasteiger charge is 2.40. The smallest absolute Gasteiger partial charge is 0.346 e. The Morgan fingerprint density at radius 1 is 1.37 bits per heavy atom. The minimum Gasteiger partial charge on any atom is -0.459 e. The van der Waals surface area contributed by atoms with Crippen molar-refractivity contribution in [1.29, 1.82) is 0 Å². The molecule has 1 saturated carbocycles. The summed E-state index contributed by atoms with van der Waals surface area (Å²) in [6.07, 6.45) is 5.49. The first-order valence-corrected chi connectivity index (χ1v) is 12.0. The lowest BCUT2D eigenvalue weighted by Gasteiger charge is -2.39. The van der Waals surface area contributed by atoms with Gasteiger partial charge in [-0.3, -0.25) is 5.32 Å². The van der Waals surface area contributed by atoms with Gasteiger partial charge < -0.3 is 14.4 Å². The largest absolute Gasteiger partial charge is 0.459 e. The van der Waals surface area contributed by atoms with E-state index < -0.39 is 5.44 Å². The van der Waals surface area contributed by atoms with Crippen LogP contribution >= 0.6 is 27.7 Å². The maximum absolute atomic E-state index is 12.8. The lowest BCUT2D eigenvalue weighted by molar-refractivity contribution is -0.168. The van der Waals surface area contributed by atoms with Crippen molar-refractivity contribution >= 4 is 33.7 Å². The van der Waals surface area contributed by atoms with Gasteiger partial charge in [-0.25, -0.2) is 4.79 Å². The van der Waals surface area contributed by atoms with E-state index in [2.05, 4.69) is 67.0 Å². The Bertz CT molecular complexity index is 573. The van der Waals surface area contributed by atoms with Crippen molar-refractivity contribution in [2.75, 3.05) is 5.75 Å². The molecule has 0 radical (unpaired) electrons. The maximum Gasteiger partial charge on any atom is 0.346 e. The molecule has 154 valence electrons. The molecule has 2 unspecified atom stereocenters. The van der Waals surface area contributed by atoms with Gasteiger partial charge in [-0.1, -0.05) is 43.1 Å². The number of esters is 1. The van der Waals surface area contributed by atoms with Gasteiger partial charge in [-0.15, -0.1) is 11.8 Å². The van der Waals surface area contributed by atoms with Crippen molar-refractivity contribution in [2.24, 2.45) is 17.8 Å².